The van der Waals surface area contributed by atoms with Gasteiger partial charge in [-0.25, -0.2) is 4.79 Å². The first-order valence-electron chi connectivity index (χ1n) is 7.09. The van der Waals surface area contributed by atoms with E-state index in [9.17, 15) is 4.79 Å². The molecule has 2 atom stereocenters. The van der Waals surface area contributed by atoms with Crippen LogP contribution in [0, 0.1) is 5.92 Å². The summed E-state index contributed by atoms with van der Waals surface area (Å²) in [6, 6.07) is 0.181. The molecule has 3 N–H and O–H groups in total. The summed E-state index contributed by atoms with van der Waals surface area (Å²) in [5, 5.41) is 15.0. The number of hydrogen-bond acceptors (Lipinski definition) is 4. The minimum Gasteiger partial charge on any atom is -0.444 e. The Bertz CT molecular complexity index is 252. The maximum Gasteiger partial charge on any atom is 0.407 e. The van der Waals surface area contributed by atoms with Gasteiger partial charge in [0, 0.05) is 19.2 Å². The van der Waals surface area contributed by atoms with Gasteiger partial charge >= 0.3 is 6.09 Å². The van der Waals surface area contributed by atoms with Crippen LogP contribution in [0.3, 0.4) is 0 Å². The van der Waals surface area contributed by atoms with Gasteiger partial charge in [-0.1, -0.05) is 13.3 Å². The highest BCUT2D eigenvalue weighted by molar-refractivity contribution is 5.67. The minimum absolute atomic E-state index is 0.181. The van der Waals surface area contributed by atoms with Gasteiger partial charge in [-0.15, -0.1) is 0 Å². The van der Waals surface area contributed by atoms with E-state index in [1.54, 1.807) is 0 Å². The first kappa shape index (κ1) is 18.2. The fourth-order valence-corrected chi connectivity index (χ4v) is 1.62. The molecule has 0 saturated heterocycles. The van der Waals surface area contributed by atoms with Crippen LogP contribution in [-0.2, 0) is 4.74 Å². The quantitative estimate of drug-likeness (QED) is 0.632. The second-order valence-corrected chi connectivity index (χ2v) is 5.98. The number of carbonyl (C=O) groups is 1. The van der Waals surface area contributed by atoms with Gasteiger partial charge in [0.25, 0.3) is 0 Å². The van der Waals surface area contributed by atoms with E-state index in [0.717, 1.165) is 19.4 Å². The number of ether oxygens (including phenoxy) is 1. The first-order chi connectivity index (χ1) is 8.78. The van der Waals surface area contributed by atoms with E-state index < -0.39 is 5.60 Å². The van der Waals surface area contributed by atoms with Crippen LogP contribution in [0.2, 0.25) is 0 Å². The molecule has 0 rings (SSSR count). The fourth-order valence-electron chi connectivity index (χ4n) is 1.62. The van der Waals surface area contributed by atoms with Crippen LogP contribution in [0.25, 0.3) is 0 Å². The maximum absolute atomic E-state index is 11.5. The monoisotopic (exact) mass is 274 g/mol. The summed E-state index contributed by atoms with van der Waals surface area (Å²) in [5.74, 6) is 0.481. The number of amides is 1. The highest BCUT2D eigenvalue weighted by atomic mass is 16.6. The summed E-state index contributed by atoms with van der Waals surface area (Å²) in [4.78, 5) is 11.5. The van der Waals surface area contributed by atoms with Crippen LogP contribution < -0.4 is 10.6 Å². The topological polar surface area (TPSA) is 70.6 Å². The molecular formula is C14H30N2O3. The SMILES string of the molecule is CCC(CCO)CNC(C)CNC(=O)OC(C)(C)C. The normalized spacial score (nSPS) is 14.8. The zero-order chi connectivity index (χ0) is 14.9. The second kappa shape index (κ2) is 9.15. The molecule has 0 radical (unpaired) electrons. The van der Waals surface area contributed by atoms with Crippen LogP contribution in [0.1, 0.15) is 47.5 Å². The number of alkyl carbamates (subject to hydrolysis) is 1. The summed E-state index contributed by atoms with van der Waals surface area (Å²) in [5.41, 5.74) is -0.463. The Kier molecular flexibility index (Phi) is 8.76. The van der Waals surface area contributed by atoms with E-state index >= 15 is 0 Å². The van der Waals surface area contributed by atoms with Gasteiger partial charge in [-0.05, 0) is 46.6 Å². The Morgan fingerprint density at radius 1 is 1.32 bits per heavy atom. The maximum atomic E-state index is 11.5. The van der Waals surface area contributed by atoms with Crippen LogP contribution in [0.5, 0.6) is 0 Å². The number of nitrogens with one attached hydrogen (secondary N) is 2. The van der Waals surface area contributed by atoms with E-state index in [2.05, 4.69) is 17.6 Å². The Balaban J connectivity index is 3.80. The Labute approximate surface area is 117 Å². The molecule has 0 saturated carbocycles. The van der Waals surface area contributed by atoms with Gasteiger partial charge < -0.3 is 20.5 Å². The van der Waals surface area contributed by atoms with Crippen molar-refractivity contribution < 1.29 is 14.6 Å². The van der Waals surface area contributed by atoms with Gasteiger partial charge in [0.1, 0.15) is 5.60 Å². The molecule has 1 amide bonds. The van der Waals surface area contributed by atoms with Crippen LogP contribution >= 0.6 is 0 Å². The number of aliphatic hydroxyl groups is 1. The standard InChI is InChI=1S/C14H30N2O3/c1-6-12(7-8-17)10-15-11(2)9-16-13(18)19-14(3,4)5/h11-12,15,17H,6-10H2,1-5H3,(H,16,18). The van der Waals surface area contributed by atoms with Gasteiger partial charge in [-0.3, -0.25) is 0 Å². The number of carbonyl (C=O) groups excluding carboxylic acids is 1. The van der Waals surface area contributed by atoms with Gasteiger partial charge in [-0.2, -0.15) is 0 Å². The lowest BCUT2D eigenvalue weighted by Crippen LogP contribution is -2.42. The summed E-state index contributed by atoms with van der Waals surface area (Å²) >= 11 is 0. The van der Waals surface area contributed by atoms with Crippen molar-refractivity contribution in [1.29, 1.82) is 0 Å². The number of hydrogen-bond donors (Lipinski definition) is 3. The zero-order valence-corrected chi connectivity index (χ0v) is 13.0. The number of aliphatic hydroxyl groups excluding tert-OH is 1. The zero-order valence-electron chi connectivity index (χ0n) is 13.0. The smallest absolute Gasteiger partial charge is 0.407 e. The van der Waals surface area contributed by atoms with E-state index in [4.69, 9.17) is 9.84 Å². The molecule has 0 fully saturated rings. The highest BCUT2D eigenvalue weighted by Gasteiger charge is 2.16. The molecule has 5 heteroatoms. The van der Waals surface area contributed by atoms with Crippen molar-refractivity contribution >= 4 is 6.09 Å². The van der Waals surface area contributed by atoms with Crippen molar-refractivity contribution in [2.24, 2.45) is 5.92 Å². The average Bonchev–Trinajstić information content (AvgIpc) is 2.29. The molecule has 2 unspecified atom stereocenters. The van der Waals surface area contributed by atoms with Crippen LogP contribution in [-0.4, -0.2) is 42.5 Å². The molecule has 0 aromatic rings. The van der Waals surface area contributed by atoms with E-state index in [-0.39, 0.29) is 18.7 Å². The molecule has 0 aromatic carbocycles. The van der Waals surface area contributed by atoms with Crippen LogP contribution in [0.15, 0.2) is 0 Å². The minimum atomic E-state index is -0.463. The molecular weight excluding hydrogens is 244 g/mol. The molecule has 5 nitrogen and oxygen atoms in total. The van der Waals surface area contributed by atoms with E-state index in [0.29, 0.717) is 12.5 Å². The molecule has 114 valence electrons. The molecule has 19 heavy (non-hydrogen) atoms. The molecule has 0 aliphatic rings. The summed E-state index contributed by atoms with van der Waals surface area (Å²) < 4.78 is 5.16. The molecule has 0 aromatic heterocycles. The second-order valence-electron chi connectivity index (χ2n) is 5.98. The predicted molar refractivity (Wildman–Crippen MR) is 77.2 cm³/mol. The lowest BCUT2D eigenvalue weighted by atomic mass is 10.0. The van der Waals surface area contributed by atoms with Crippen molar-refractivity contribution in [2.45, 2.75) is 59.1 Å². The molecule has 0 heterocycles. The van der Waals surface area contributed by atoms with Crippen molar-refractivity contribution in [3.8, 4) is 0 Å². The number of rotatable bonds is 8. The third kappa shape index (κ3) is 10.8. The van der Waals surface area contributed by atoms with Crippen molar-refractivity contribution in [3.05, 3.63) is 0 Å². The average molecular weight is 274 g/mol. The van der Waals surface area contributed by atoms with E-state index in [1.165, 1.54) is 0 Å². The molecule has 0 bridgehead atoms. The predicted octanol–water partition coefficient (Wildman–Crippen LogP) is 1.90. The van der Waals surface area contributed by atoms with Gasteiger partial charge in [0.2, 0.25) is 0 Å². The lowest BCUT2D eigenvalue weighted by Gasteiger charge is -2.22. The molecule has 0 aliphatic carbocycles. The fraction of sp³-hybridized carbons (Fsp3) is 0.929. The van der Waals surface area contributed by atoms with Crippen molar-refractivity contribution in [3.63, 3.8) is 0 Å². The van der Waals surface area contributed by atoms with E-state index in [1.807, 2.05) is 27.7 Å². The van der Waals surface area contributed by atoms with Crippen molar-refractivity contribution in [1.82, 2.24) is 10.6 Å². The Hall–Kier alpha value is -0.810. The molecule has 0 aliphatic heterocycles. The molecule has 0 spiro atoms. The largest absolute Gasteiger partial charge is 0.444 e. The Morgan fingerprint density at radius 3 is 2.42 bits per heavy atom. The summed E-state index contributed by atoms with van der Waals surface area (Å²) in [6.45, 7) is 11.3. The van der Waals surface area contributed by atoms with Crippen LogP contribution in [0.4, 0.5) is 4.79 Å². The Morgan fingerprint density at radius 2 is 1.95 bits per heavy atom. The van der Waals surface area contributed by atoms with Gasteiger partial charge in [0.05, 0.1) is 0 Å². The van der Waals surface area contributed by atoms with Crippen molar-refractivity contribution in [2.75, 3.05) is 19.7 Å². The highest BCUT2D eigenvalue weighted by Crippen LogP contribution is 2.07. The third-order valence-corrected chi connectivity index (χ3v) is 2.82. The summed E-state index contributed by atoms with van der Waals surface area (Å²) in [7, 11) is 0. The lowest BCUT2D eigenvalue weighted by molar-refractivity contribution is 0.0523. The van der Waals surface area contributed by atoms with Gasteiger partial charge in [0.15, 0.2) is 0 Å². The first-order valence-corrected chi connectivity index (χ1v) is 7.09. The summed E-state index contributed by atoms with van der Waals surface area (Å²) in [6.07, 6.45) is 1.47. The third-order valence-electron chi connectivity index (χ3n) is 2.82.